The lowest BCUT2D eigenvalue weighted by molar-refractivity contribution is -0.149. The second kappa shape index (κ2) is 6.62. The van der Waals surface area contributed by atoms with Crippen LogP contribution in [0.15, 0.2) is 30.6 Å². The molecule has 1 aromatic heterocycles. The van der Waals surface area contributed by atoms with Crippen LogP contribution in [0.4, 0.5) is 23.7 Å². The molecule has 1 aromatic carbocycles. The Morgan fingerprint density at radius 3 is 2.38 bits per heavy atom. The highest BCUT2D eigenvalue weighted by Crippen LogP contribution is 2.47. The van der Waals surface area contributed by atoms with Gasteiger partial charge in [-0.05, 0) is 45.4 Å². The van der Waals surface area contributed by atoms with E-state index < -0.39 is 29.1 Å². The zero-order valence-electron chi connectivity index (χ0n) is 15.2. The lowest BCUT2D eigenvalue weighted by Crippen LogP contribution is -2.39. The quantitative estimate of drug-likeness (QED) is 0.878. The third kappa shape index (κ3) is 3.97. The van der Waals surface area contributed by atoms with Gasteiger partial charge < -0.3 is 9.30 Å². The Morgan fingerprint density at radius 1 is 1.19 bits per heavy atom. The highest BCUT2D eigenvalue weighted by molar-refractivity contribution is 5.85. The van der Waals surface area contributed by atoms with E-state index >= 15 is 4.39 Å². The van der Waals surface area contributed by atoms with Gasteiger partial charge >= 0.3 is 12.0 Å². The van der Waals surface area contributed by atoms with Gasteiger partial charge in [-0.25, -0.2) is 9.18 Å². The average Bonchev–Trinajstić information content (AvgIpc) is 2.92. The number of nitrogens with zero attached hydrogens (tertiary/aromatic N) is 3. The van der Waals surface area contributed by atoms with Gasteiger partial charge in [0.1, 0.15) is 11.9 Å². The molecule has 0 aliphatic rings. The van der Waals surface area contributed by atoms with Crippen molar-refractivity contribution < 1.29 is 22.7 Å². The highest BCUT2D eigenvalue weighted by Gasteiger charge is 2.56. The summed E-state index contributed by atoms with van der Waals surface area (Å²) in [5.74, 6) is -4.74. The summed E-state index contributed by atoms with van der Waals surface area (Å²) in [6.07, 6.45) is 0.301. The molecule has 0 fully saturated rings. The maximum atomic E-state index is 15.2. The highest BCUT2D eigenvalue weighted by atomic mass is 19.3. The van der Waals surface area contributed by atoms with E-state index in [1.165, 1.54) is 25.2 Å². The molecule has 6 nitrogen and oxygen atoms in total. The first-order chi connectivity index (χ1) is 11.8. The minimum absolute atomic E-state index is 0.134. The summed E-state index contributed by atoms with van der Waals surface area (Å²) < 4.78 is 50.7. The van der Waals surface area contributed by atoms with Crippen LogP contribution in [-0.4, -0.2) is 26.5 Å². The van der Waals surface area contributed by atoms with Crippen molar-refractivity contribution in [1.29, 1.82) is 0 Å². The van der Waals surface area contributed by atoms with Gasteiger partial charge in [-0.1, -0.05) is 12.1 Å². The van der Waals surface area contributed by atoms with Crippen molar-refractivity contribution in [2.45, 2.75) is 44.9 Å². The van der Waals surface area contributed by atoms with Crippen LogP contribution in [-0.2, 0) is 23.4 Å². The van der Waals surface area contributed by atoms with Crippen molar-refractivity contribution in [3.8, 4) is 0 Å². The normalized spacial score (nSPS) is 14.6. The molecular formula is C17H21F3N4O2. The SMILES string of the molecule is Cn1cnnc1C(F)(F)C(C)(F)c1cccc(NC(=O)OC(C)(C)C)c1. The second-order valence-corrected chi connectivity index (χ2v) is 7.05. The summed E-state index contributed by atoms with van der Waals surface area (Å²) in [5.41, 5.74) is -4.00. The number of benzene rings is 1. The number of nitrogens with one attached hydrogen (secondary N) is 1. The number of aryl methyl sites for hydroxylation is 1. The Kier molecular flexibility index (Phi) is 5.03. The summed E-state index contributed by atoms with van der Waals surface area (Å²) in [4.78, 5) is 11.8. The predicted molar refractivity (Wildman–Crippen MR) is 89.7 cm³/mol. The Bertz CT molecular complexity index is 797. The Balaban J connectivity index is 2.31. The largest absolute Gasteiger partial charge is 0.444 e. The number of ether oxygens (including phenoxy) is 1. The number of aromatic nitrogens is 3. The molecule has 0 saturated heterocycles. The van der Waals surface area contributed by atoms with E-state index in [0.717, 1.165) is 23.9 Å². The van der Waals surface area contributed by atoms with Crippen LogP contribution in [0, 0.1) is 0 Å². The van der Waals surface area contributed by atoms with Crippen molar-refractivity contribution in [3.05, 3.63) is 42.0 Å². The topological polar surface area (TPSA) is 69.0 Å². The van der Waals surface area contributed by atoms with E-state index in [2.05, 4.69) is 15.5 Å². The summed E-state index contributed by atoms with van der Waals surface area (Å²) in [6.45, 7) is 5.81. The molecule has 2 aromatic rings. The van der Waals surface area contributed by atoms with Crippen molar-refractivity contribution >= 4 is 11.8 Å². The van der Waals surface area contributed by atoms with Gasteiger partial charge in [0.15, 0.2) is 0 Å². The summed E-state index contributed by atoms with van der Waals surface area (Å²) in [7, 11) is 1.31. The zero-order valence-corrected chi connectivity index (χ0v) is 15.2. The minimum Gasteiger partial charge on any atom is -0.444 e. The molecule has 0 bridgehead atoms. The fraction of sp³-hybridized carbons (Fsp3) is 0.471. The molecular weight excluding hydrogens is 349 g/mol. The smallest absolute Gasteiger partial charge is 0.412 e. The van der Waals surface area contributed by atoms with Crippen molar-refractivity contribution in [1.82, 2.24) is 14.8 Å². The number of hydrogen-bond acceptors (Lipinski definition) is 4. The lowest BCUT2D eigenvalue weighted by atomic mass is 9.90. The van der Waals surface area contributed by atoms with E-state index in [4.69, 9.17) is 4.74 Å². The number of alkyl halides is 3. The molecule has 0 spiro atoms. The van der Waals surface area contributed by atoms with Gasteiger partial charge in [0.2, 0.25) is 11.5 Å². The van der Waals surface area contributed by atoms with Crippen LogP contribution in [0.3, 0.4) is 0 Å². The molecule has 0 saturated carbocycles. The monoisotopic (exact) mass is 370 g/mol. The molecule has 0 radical (unpaired) electrons. The van der Waals surface area contributed by atoms with E-state index in [-0.39, 0.29) is 11.3 Å². The summed E-state index contributed by atoms with van der Waals surface area (Å²) in [5, 5.41) is 9.11. The number of rotatable bonds is 4. The minimum atomic E-state index is -3.94. The van der Waals surface area contributed by atoms with Crippen LogP contribution in [0.25, 0.3) is 0 Å². The van der Waals surface area contributed by atoms with Crippen LogP contribution in [0.5, 0.6) is 0 Å². The van der Waals surface area contributed by atoms with Crippen molar-refractivity contribution in [2.75, 3.05) is 5.32 Å². The lowest BCUT2D eigenvalue weighted by Gasteiger charge is -2.30. The van der Waals surface area contributed by atoms with Gasteiger partial charge in [-0.2, -0.15) is 8.78 Å². The fourth-order valence-corrected chi connectivity index (χ4v) is 2.27. The maximum absolute atomic E-state index is 15.2. The number of amides is 1. The Labute approximate surface area is 149 Å². The van der Waals surface area contributed by atoms with E-state index in [9.17, 15) is 13.6 Å². The molecule has 0 aliphatic carbocycles. The number of carbonyl (C=O) groups excluding carboxylic acids is 1. The van der Waals surface area contributed by atoms with Gasteiger partial charge in [0.05, 0.1) is 0 Å². The number of halogens is 3. The Hall–Kier alpha value is -2.58. The van der Waals surface area contributed by atoms with E-state index in [1.807, 2.05) is 0 Å². The molecule has 1 unspecified atom stereocenters. The molecule has 142 valence electrons. The summed E-state index contributed by atoms with van der Waals surface area (Å²) in [6, 6.07) is 5.16. The van der Waals surface area contributed by atoms with Crippen LogP contribution < -0.4 is 5.32 Å². The van der Waals surface area contributed by atoms with Gasteiger partial charge in [0.25, 0.3) is 0 Å². The molecule has 0 aliphatic heterocycles. The zero-order chi connectivity index (χ0) is 19.8. The Morgan fingerprint density at radius 2 is 1.85 bits per heavy atom. The first kappa shape index (κ1) is 19.7. The molecule has 1 heterocycles. The number of anilines is 1. The second-order valence-electron chi connectivity index (χ2n) is 7.05. The van der Waals surface area contributed by atoms with E-state index in [0.29, 0.717) is 0 Å². The van der Waals surface area contributed by atoms with E-state index in [1.54, 1.807) is 20.8 Å². The summed E-state index contributed by atoms with van der Waals surface area (Å²) >= 11 is 0. The third-order valence-electron chi connectivity index (χ3n) is 3.63. The van der Waals surface area contributed by atoms with Gasteiger partial charge in [-0.15, -0.1) is 10.2 Å². The number of carbonyl (C=O) groups is 1. The first-order valence-corrected chi connectivity index (χ1v) is 7.86. The molecule has 1 amide bonds. The molecule has 9 heteroatoms. The third-order valence-corrected chi connectivity index (χ3v) is 3.63. The van der Waals surface area contributed by atoms with Crippen molar-refractivity contribution in [3.63, 3.8) is 0 Å². The molecule has 26 heavy (non-hydrogen) atoms. The van der Waals surface area contributed by atoms with Gasteiger partial charge in [0, 0.05) is 12.7 Å². The number of hydrogen-bond donors (Lipinski definition) is 1. The standard InChI is InChI=1S/C17H21F3N4O2/c1-15(2,3)26-14(25)22-12-8-6-7-11(9-12)16(4,18)17(19,20)13-23-21-10-24(13)5/h6-10H,1-5H3,(H,22,25). The van der Waals surface area contributed by atoms with Crippen LogP contribution in [0.2, 0.25) is 0 Å². The maximum Gasteiger partial charge on any atom is 0.412 e. The van der Waals surface area contributed by atoms with Crippen LogP contribution in [0.1, 0.15) is 39.1 Å². The molecule has 1 atom stereocenters. The van der Waals surface area contributed by atoms with Gasteiger partial charge in [-0.3, -0.25) is 5.32 Å². The molecule has 1 N–H and O–H groups in total. The first-order valence-electron chi connectivity index (χ1n) is 7.86. The fourth-order valence-electron chi connectivity index (χ4n) is 2.27. The average molecular weight is 370 g/mol. The molecule has 2 rings (SSSR count). The van der Waals surface area contributed by atoms with Crippen molar-refractivity contribution in [2.24, 2.45) is 7.05 Å². The predicted octanol–water partition coefficient (Wildman–Crippen LogP) is 4.14. The van der Waals surface area contributed by atoms with Crippen LogP contribution >= 0.6 is 0 Å².